The minimum atomic E-state index is -2.99. The molecule has 0 aliphatic carbocycles. The SMILES string of the molecule is O=S1(=O)C=C[C@H](NC2CCN(c3nc4ccc(Cl)cc4s3)CC2)C1. The molecule has 0 spiro atoms. The van der Waals surface area contributed by atoms with Crippen LogP contribution in [0.2, 0.25) is 5.02 Å². The summed E-state index contributed by atoms with van der Waals surface area (Å²) in [6, 6.07) is 6.09. The van der Waals surface area contributed by atoms with Crippen LogP contribution in [-0.4, -0.2) is 44.3 Å². The quantitative estimate of drug-likeness (QED) is 0.883. The summed E-state index contributed by atoms with van der Waals surface area (Å²) in [5, 5.41) is 6.55. The van der Waals surface area contributed by atoms with Crippen LogP contribution in [0, 0.1) is 0 Å². The van der Waals surface area contributed by atoms with E-state index in [1.54, 1.807) is 17.4 Å². The third-order valence-corrected chi connectivity index (χ3v) is 7.19. The van der Waals surface area contributed by atoms with Gasteiger partial charge in [0.1, 0.15) is 0 Å². The molecule has 2 aromatic rings. The molecule has 0 bridgehead atoms. The Morgan fingerprint density at radius 2 is 2.08 bits per heavy atom. The minimum Gasteiger partial charge on any atom is -0.348 e. The molecular formula is C16H18ClN3O2S2. The third kappa shape index (κ3) is 3.44. The lowest BCUT2D eigenvalue weighted by atomic mass is 10.0. The van der Waals surface area contributed by atoms with Gasteiger partial charge in [0.15, 0.2) is 15.0 Å². The van der Waals surface area contributed by atoms with Gasteiger partial charge in [-0.2, -0.15) is 0 Å². The summed E-state index contributed by atoms with van der Waals surface area (Å²) >= 11 is 7.71. The van der Waals surface area contributed by atoms with E-state index < -0.39 is 9.84 Å². The monoisotopic (exact) mass is 383 g/mol. The Bertz CT molecular complexity index is 886. The zero-order valence-electron chi connectivity index (χ0n) is 13.0. The number of benzene rings is 1. The van der Waals surface area contributed by atoms with Crippen LogP contribution in [0.1, 0.15) is 12.8 Å². The fourth-order valence-corrected chi connectivity index (χ4v) is 5.78. The zero-order valence-corrected chi connectivity index (χ0v) is 15.4. The Kier molecular flexibility index (Phi) is 4.28. The molecule has 2 aliphatic heterocycles. The number of nitrogens with zero attached hydrogens (tertiary/aromatic N) is 2. The first-order chi connectivity index (χ1) is 11.5. The summed E-state index contributed by atoms with van der Waals surface area (Å²) in [7, 11) is -2.99. The number of nitrogens with one attached hydrogen (secondary N) is 1. The maximum absolute atomic E-state index is 11.5. The lowest BCUT2D eigenvalue weighted by Gasteiger charge is -2.33. The first-order valence-electron chi connectivity index (χ1n) is 7.97. The van der Waals surface area contributed by atoms with Gasteiger partial charge in [-0.1, -0.05) is 29.0 Å². The van der Waals surface area contributed by atoms with Crippen LogP contribution in [0.5, 0.6) is 0 Å². The van der Waals surface area contributed by atoms with Crippen molar-refractivity contribution in [2.45, 2.75) is 24.9 Å². The molecule has 1 saturated heterocycles. The molecule has 2 aliphatic rings. The number of fused-ring (bicyclic) bond motifs is 1. The fourth-order valence-electron chi connectivity index (χ4n) is 3.24. The number of thiazole rings is 1. The van der Waals surface area contributed by atoms with E-state index in [0.717, 1.165) is 46.3 Å². The zero-order chi connectivity index (χ0) is 16.7. The number of piperidine rings is 1. The summed E-state index contributed by atoms with van der Waals surface area (Å²) in [5.74, 6) is 0.186. The van der Waals surface area contributed by atoms with Crippen molar-refractivity contribution >= 4 is 48.1 Å². The van der Waals surface area contributed by atoms with Gasteiger partial charge in [0, 0.05) is 35.6 Å². The maximum Gasteiger partial charge on any atom is 0.186 e. The summed E-state index contributed by atoms with van der Waals surface area (Å²) < 4.78 is 24.1. The van der Waals surface area contributed by atoms with Gasteiger partial charge in [-0.05, 0) is 31.0 Å². The van der Waals surface area contributed by atoms with Gasteiger partial charge < -0.3 is 10.2 Å². The number of sulfone groups is 1. The van der Waals surface area contributed by atoms with E-state index in [1.165, 1.54) is 5.41 Å². The van der Waals surface area contributed by atoms with Gasteiger partial charge in [0.25, 0.3) is 0 Å². The summed E-state index contributed by atoms with van der Waals surface area (Å²) in [5.41, 5.74) is 0.987. The molecule has 0 amide bonds. The third-order valence-electron chi connectivity index (χ3n) is 4.48. The second-order valence-electron chi connectivity index (χ2n) is 6.30. The highest BCUT2D eigenvalue weighted by Gasteiger charge is 2.27. The molecule has 1 atom stereocenters. The second kappa shape index (κ2) is 6.29. The number of halogens is 1. The topological polar surface area (TPSA) is 62.3 Å². The van der Waals surface area contributed by atoms with E-state index in [0.29, 0.717) is 6.04 Å². The number of hydrogen-bond donors (Lipinski definition) is 1. The molecule has 0 radical (unpaired) electrons. The van der Waals surface area contributed by atoms with Crippen molar-refractivity contribution in [1.29, 1.82) is 0 Å². The normalized spacial score (nSPS) is 24.0. The Hall–Kier alpha value is -1.15. The molecule has 1 N–H and O–H groups in total. The molecule has 3 heterocycles. The van der Waals surface area contributed by atoms with Crippen LogP contribution in [0.3, 0.4) is 0 Å². The molecule has 0 unspecified atom stereocenters. The van der Waals surface area contributed by atoms with Gasteiger partial charge in [0.2, 0.25) is 0 Å². The highest BCUT2D eigenvalue weighted by molar-refractivity contribution is 7.94. The lowest BCUT2D eigenvalue weighted by Crippen LogP contribution is -2.46. The van der Waals surface area contributed by atoms with Crippen molar-refractivity contribution in [1.82, 2.24) is 10.3 Å². The van der Waals surface area contributed by atoms with Gasteiger partial charge >= 0.3 is 0 Å². The maximum atomic E-state index is 11.5. The first kappa shape index (κ1) is 16.3. The van der Waals surface area contributed by atoms with Gasteiger partial charge in [-0.15, -0.1) is 0 Å². The van der Waals surface area contributed by atoms with Crippen molar-refractivity contribution in [3.8, 4) is 0 Å². The van der Waals surface area contributed by atoms with Crippen LogP contribution in [0.4, 0.5) is 5.13 Å². The number of rotatable bonds is 3. The van der Waals surface area contributed by atoms with Crippen LogP contribution in [-0.2, 0) is 9.84 Å². The van der Waals surface area contributed by atoms with Crippen molar-refractivity contribution in [2.75, 3.05) is 23.7 Å². The fraction of sp³-hybridized carbons (Fsp3) is 0.438. The van der Waals surface area contributed by atoms with Crippen molar-refractivity contribution < 1.29 is 8.42 Å². The minimum absolute atomic E-state index is 0.0452. The van der Waals surface area contributed by atoms with Crippen LogP contribution < -0.4 is 10.2 Å². The predicted octanol–water partition coefficient (Wildman–Crippen LogP) is 2.82. The summed E-state index contributed by atoms with van der Waals surface area (Å²) in [4.78, 5) is 7.00. The predicted molar refractivity (Wildman–Crippen MR) is 99.7 cm³/mol. The molecule has 1 aromatic carbocycles. The van der Waals surface area contributed by atoms with E-state index in [4.69, 9.17) is 16.6 Å². The molecular weight excluding hydrogens is 366 g/mol. The molecule has 1 fully saturated rings. The molecule has 24 heavy (non-hydrogen) atoms. The molecule has 4 rings (SSSR count). The Balaban J connectivity index is 1.38. The Morgan fingerprint density at radius 1 is 1.29 bits per heavy atom. The van der Waals surface area contributed by atoms with Crippen molar-refractivity contribution in [3.05, 3.63) is 34.7 Å². The lowest BCUT2D eigenvalue weighted by molar-refractivity contribution is 0.401. The standard InChI is InChI=1S/C16H18ClN3O2S2/c17-11-1-2-14-15(9-11)23-16(19-14)20-6-3-12(4-7-20)18-13-5-8-24(21,22)10-13/h1-2,5,8-9,12-13,18H,3-4,6-7,10H2/t13-/m0/s1. The van der Waals surface area contributed by atoms with Gasteiger partial charge in [0.05, 0.1) is 16.0 Å². The van der Waals surface area contributed by atoms with Crippen molar-refractivity contribution in [3.63, 3.8) is 0 Å². The van der Waals surface area contributed by atoms with Crippen LogP contribution in [0.25, 0.3) is 10.2 Å². The number of aromatic nitrogens is 1. The number of anilines is 1. The summed E-state index contributed by atoms with van der Waals surface area (Å²) in [6.07, 6.45) is 3.74. The van der Waals surface area contributed by atoms with E-state index in [9.17, 15) is 8.42 Å². The van der Waals surface area contributed by atoms with Gasteiger partial charge in [-0.25, -0.2) is 13.4 Å². The molecule has 8 heteroatoms. The average molecular weight is 384 g/mol. The smallest absolute Gasteiger partial charge is 0.186 e. The van der Waals surface area contributed by atoms with E-state index in [1.807, 2.05) is 18.2 Å². The van der Waals surface area contributed by atoms with E-state index in [2.05, 4.69) is 10.2 Å². The van der Waals surface area contributed by atoms with Gasteiger partial charge in [-0.3, -0.25) is 0 Å². The first-order valence-corrected chi connectivity index (χ1v) is 10.9. The van der Waals surface area contributed by atoms with Crippen LogP contribution in [0.15, 0.2) is 29.7 Å². The van der Waals surface area contributed by atoms with Crippen molar-refractivity contribution in [2.24, 2.45) is 0 Å². The highest BCUT2D eigenvalue weighted by Crippen LogP contribution is 2.32. The number of hydrogen-bond acceptors (Lipinski definition) is 6. The highest BCUT2D eigenvalue weighted by atomic mass is 35.5. The van der Waals surface area contributed by atoms with Crippen LogP contribution >= 0.6 is 22.9 Å². The van der Waals surface area contributed by atoms with E-state index in [-0.39, 0.29) is 11.8 Å². The molecule has 0 saturated carbocycles. The molecule has 1 aromatic heterocycles. The largest absolute Gasteiger partial charge is 0.348 e. The average Bonchev–Trinajstić information content (AvgIpc) is 3.10. The Labute approximate surface area is 150 Å². The molecule has 128 valence electrons. The molecule has 5 nitrogen and oxygen atoms in total. The summed E-state index contributed by atoms with van der Waals surface area (Å²) in [6.45, 7) is 1.85. The van der Waals surface area contributed by atoms with E-state index >= 15 is 0 Å². The second-order valence-corrected chi connectivity index (χ2v) is 9.68. The Morgan fingerprint density at radius 3 is 2.79 bits per heavy atom.